The number of carbonyl (C=O) groups excluding carboxylic acids is 1. The molecule has 0 spiro atoms. The van der Waals surface area contributed by atoms with Crippen molar-refractivity contribution in [1.29, 1.82) is 0 Å². The van der Waals surface area contributed by atoms with E-state index in [-0.39, 0.29) is 17.9 Å². The van der Waals surface area contributed by atoms with Gasteiger partial charge in [-0.25, -0.2) is 4.98 Å². The molecular formula is C24H29N3O2. The summed E-state index contributed by atoms with van der Waals surface area (Å²) in [7, 11) is 0. The van der Waals surface area contributed by atoms with Gasteiger partial charge in [-0.15, -0.1) is 0 Å². The highest BCUT2D eigenvalue weighted by Gasteiger charge is 2.31. The maximum atomic E-state index is 12.2. The molecule has 5 heteroatoms. The second kappa shape index (κ2) is 8.27. The molecule has 1 atom stereocenters. The maximum absolute atomic E-state index is 12.2. The average Bonchev–Trinajstić information content (AvgIpc) is 3.50. The Morgan fingerprint density at radius 2 is 1.86 bits per heavy atom. The van der Waals surface area contributed by atoms with Gasteiger partial charge in [0.25, 0.3) is 0 Å². The van der Waals surface area contributed by atoms with Crippen molar-refractivity contribution < 1.29 is 9.53 Å². The van der Waals surface area contributed by atoms with E-state index in [2.05, 4.69) is 35.9 Å². The van der Waals surface area contributed by atoms with Gasteiger partial charge in [0.15, 0.2) is 0 Å². The van der Waals surface area contributed by atoms with Crippen molar-refractivity contribution >= 4 is 16.9 Å². The molecule has 1 N–H and O–H groups in total. The second-order valence-electron chi connectivity index (χ2n) is 8.16. The smallest absolute Gasteiger partial charge is 0.223 e. The molecule has 0 aliphatic heterocycles. The number of imidazole rings is 1. The highest BCUT2D eigenvalue weighted by Crippen LogP contribution is 2.30. The first-order valence-electron chi connectivity index (χ1n) is 10.5. The second-order valence-corrected chi connectivity index (χ2v) is 8.16. The van der Waals surface area contributed by atoms with Crippen LogP contribution in [0.3, 0.4) is 0 Å². The molecular weight excluding hydrogens is 362 g/mol. The number of aromatic nitrogens is 2. The van der Waals surface area contributed by atoms with Crippen molar-refractivity contribution in [2.45, 2.75) is 52.1 Å². The quantitative estimate of drug-likeness (QED) is 0.599. The van der Waals surface area contributed by atoms with Gasteiger partial charge >= 0.3 is 0 Å². The lowest BCUT2D eigenvalue weighted by atomic mass is 10.0. The standard InChI is InChI=1S/C24H29N3O2/c1-16(2)19-8-4-7-11-22(19)29-15-14-27-21-10-6-5-9-20(21)26-23(27)17(3)25-24(28)18-12-13-18/h4-11,16-18H,12-15H2,1-3H3,(H,25,28). The van der Waals surface area contributed by atoms with Crippen LogP contribution >= 0.6 is 0 Å². The summed E-state index contributed by atoms with van der Waals surface area (Å²) >= 11 is 0. The van der Waals surface area contributed by atoms with Crippen LogP contribution in [0.25, 0.3) is 11.0 Å². The van der Waals surface area contributed by atoms with Crippen LogP contribution in [0.4, 0.5) is 0 Å². The van der Waals surface area contributed by atoms with Gasteiger partial charge in [0.05, 0.1) is 23.6 Å². The van der Waals surface area contributed by atoms with Gasteiger partial charge in [-0.3, -0.25) is 4.79 Å². The van der Waals surface area contributed by atoms with E-state index in [0.717, 1.165) is 35.4 Å². The number of rotatable bonds is 8. The molecule has 1 aliphatic rings. The van der Waals surface area contributed by atoms with Gasteiger partial charge in [0.2, 0.25) is 5.91 Å². The number of carbonyl (C=O) groups is 1. The molecule has 2 aromatic carbocycles. The minimum Gasteiger partial charge on any atom is -0.491 e. The third-order valence-electron chi connectivity index (χ3n) is 5.49. The molecule has 5 nitrogen and oxygen atoms in total. The zero-order valence-corrected chi connectivity index (χ0v) is 17.4. The van der Waals surface area contributed by atoms with E-state index < -0.39 is 0 Å². The Balaban J connectivity index is 1.53. The topological polar surface area (TPSA) is 56.1 Å². The van der Waals surface area contributed by atoms with Crippen LogP contribution in [0, 0.1) is 5.92 Å². The van der Waals surface area contributed by atoms with Crippen LogP contribution in [0.2, 0.25) is 0 Å². The molecule has 0 radical (unpaired) electrons. The monoisotopic (exact) mass is 391 g/mol. The van der Waals surface area contributed by atoms with Crippen LogP contribution in [0.1, 0.15) is 57.0 Å². The number of nitrogens with one attached hydrogen (secondary N) is 1. The Kier molecular flexibility index (Phi) is 5.56. The first kappa shape index (κ1) is 19.5. The average molecular weight is 392 g/mol. The van der Waals surface area contributed by atoms with Crippen molar-refractivity contribution in [2.75, 3.05) is 6.61 Å². The summed E-state index contributed by atoms with van der Waals surface area (Å²) in [4.78, 5) is 17.1. The van der Waals surface area contributed by atoms with Crippen molar-refractivity contribution in [2.24, 2.45) is 5.92 Å². The molecule has 1 amide bonds. The van der Waals surface area contributed by atoms with Gasteiger partial charge in [-0.1, -0.05) is 44.2 Å². The zero-order chi connectivity index (χ0) is 20.4. The SMILES string of the molecule is CC(C)c1ccccc1OCCn1c(C(C)NC(=O)C2CC2)nc2ccccc21. The summed E-state index contributed by atoms with van der Waals surface area (Å²) in [6.45, 7) is 7.57. The molecule has 1 aliphatic carbocycles. The summed E-state index contributed by atoms with van der Waals surface area (Å²) in [5.41, 5.74) is 3.22. The predicted molar refractivity (Wildman–Crippen MR) is 115 cm³/mol. The van der Waals surface area contributed by atoms with E-state index in [0.29, 0.717) is 19.1 Å². The lowest BCUT2D eigenvalue weighted by molar-refractivity contribution is -0.123. The van der Waals surface area contributed by atoms with E-state index in [1.807, 2.05) is 43.3 Å². The molecule has 152 valence electrons. The molecule has 0 bridgehead atoms. The fraction of sp³-hybridized carbons (Fsp3) is 0.417. The summed E-state index contributed by atoms with van der Waals surface area (Å²) < 4.78 is 8.32. The normalized spacial score (nSPS) is 14.9. The molecule has 1 heterocycles. The Bertz CT molecular complexity index is 1000. The van der Waals surface area contributed by atoms with Crippen LogP contribution in [-0.2, 0) is 11.3 Å². The summed E-state index contributed by atoms with van der Waals surface area (Å²) in [6, 6.07) is 16.2. The lowest BCUT2D eigenvalue weighted by Crippen LogP contribution is -2.30. The third-order valence-corrected chi connectivity index (χ3v) is 5.49. The number of nitrogens with zero attached hydrogens (tertiary/aromatic N) is 2. The Labute approximate surface area is 172 Å². The van der Waals surface area contributed by atoms with Crippen molar-refractivity contribution in [3.05, 3.63) is 59.9 Å². The molecule has 1 aromatic heterocycles. The number of fused-ring (bicyclic) bond motifs is 1. The maximum Gasteiger partial charge on any atom is 0.223 e. The number of amides is 1. The van der Waals surface area contributed by atoms with Crippen LogP contribution in [0.5, 0.6) is 5.75 Å². The van der Waals surface area contributed by atoms with Crippen molar-refractivity contribution in [1.82, 2.24) is 14.9 Å². The van der Waals surface area contributed by atoms with E-state index in [1.54, 1.807) is 0 Å². The van der Waals surface area contributed by atoms with E-state index in [9.17, 15) is 4.79 Å². The van der Waals surface area contributed by atoms with Crippen LogP contribution < -0.4 is 10.1 Å². The zero-order valence-electron chi connectivity index (χ0n) is 17.4. The lowest BCUT2D eigenvalue weighted by Gasteiger charge is -2.18. The van der Waals surface area contributed by atoms with Crippen molar-refractivity contribution in [3.63, 3.8) is 0 Å². The third kappa shape index (κ3) is 4.29. The number of ether oxygens (including phenoxy) is 1. The molecule has 1 fully saturated rings. The van der Waals surface area contributed by atoms with Crippen LogP contribution in [0.15, 0.2) is 48.5 Å². The van der Waals surface area contributed by atoms with Gasteiger partial charge in [-0.05, 0) is 49.4 Å². The molecule has 1 unspecified atom stereocenters. The molecule has 0 saturated heterocycles. The van der Waals surface area contributed by atoms with Gasteiger partial charge in [-0.2, -0.15) is 0 Å². The number of hydrogen-bond acceptors (Lipinski definition) is 3. The summed E-state index contributed by atoms with van der Waals surface area (Å²) in [6.07, 6.45) is 2.00. The number of para-hydroxylation sites is 3. The van der Waals surface area contributed by atoms with E-state index in [4.69, 9.17) is 9.72 Å². The minimum absolute atomic E-state index is 0.137. The van der Waals surface area contributed by atoms with Gasteiger partial charge in [0, 0.05) is 5.92 Å². The minimum atomic E-state index is -0.140. The fourth-order valence-corrected chi connectivity index (χ4v) is 3.74. The van der Waals surface area contributed by atoms with Gasteiger partial charge in [0.1, 0.15) is 18.2 Å². The Morgan fingerprint density at radius 3 is 2.62 bits per heavy atom. The van der Waals surface area contributed by atoms with Crippen molar-refractivity contribution in [3.8, 4) is 5.75 Å². The molecule has 3 aromatic rings. The number of benzene rings is 2. The highest BCUT2D eigenvalue weighted by atomic mass is 16.5. The first-order valence-corrected chi connectivity index (χ1v) is 10.5. The summed E-state index contributed by atoms with van der Waals surface area (Å²) in [5, 5.41) is 3.13. The fourth-order valence-electron chi connectivity index (χ4n) is 3.74. The number of hydrogen-bond donors (Lipinski definition) is 1. The van der Waals surface area contributed by atoms with Gasteiger partial charge < -0.3 is 14.6 Å². The van der Waals surface area contributed by atoms with E-state index in [1.165, 1.54) is 5.56 Å². The predicted octanol–water partition coefficient (Wildman–Crippen LogP) is 4.83. The molecule has 4 rings (SSSR count). The highest BCUT2D eigenvalue weighted by molar-refractivity contribution is 5.81. The Morgan fingerprint density at radius 1 is 1.14 bits per heavy atom. The Hall–Kier alpha value is -2.82. The largest absolute Gasteiger partial charge is 0.491 e. The molecule has 1 saturated carbocycles. The molecule has 29 heavy (non-hydrogen) atoms. The first-order chi connectivity index (χ1) is 14.0. The van der Waals surface area contributed by atoms with Crippen LogP contribution in [-0.4, -0.2) is 22.1 Å². The van der Waals surface area contributed by atoms with E-state index >= 15 is 0 Å². The summed E-state index contributed by atoms with van der Waals surface area (Å²) in [5.74, 6) is 2.54.